The van der Waals surface area contributed by atoms with Gasteiger partial charge in [0.2, 0.25) is 0 Å². The van der Waals surface area contributed by atoms with E-state index in [1.807, 2.05) is 42.5 Å². The molecule has 0 atom stereocenters. The minimum absolute atomic E-state index is 0.0164. The molecule has 1 aromatic heterocycles. The van der Waals surface area contributed by atoms with E-state index in [0.717, 1.165) is 33.4 Å². The summed E-state index contributed by atoms with van der Waals surface area (Å²) in [6.45, 7) is 7.58. The van der Waals surface area contributed by atoms with Gasteiger partial charge in [-0.2, -0.15) is 0 Å². The first-order valence-electron chi connectivity index (χ1n) is 8.88. The van der Waals surface area contributed by atoms with E-state index >= 15 is 0 Å². The second kappa shape index (κ2) is 9.32. The van der Waals surface area contributed by atoms with Crippen molar-refractivity contribution in [2.45, 2.75) is 13.8 Å². The Labute approximate surface area is 182 Å². The zero-order chi connectivity index (χ0) is 19.4. The van der Waals surface area contributed by atoms with Crippen molar-refractivity contribution in [2.75, 3.05) is 31.1 Å². The minimum atomic E-state index is -0.0164. The van der Waals surface area contributed by atoms with E-state index < -0.39 is 0 Å². The van der Waals surface area contributed by atoms with Crippen molar-refractivity contribution in [1.82, 2.24) is 9.88 Å². The summed E-state index contributed by atoms with van der Waals surface area (Å²) in [5.74, 6) is -0.0164. The molecule has 0 aliphatic heterocycles. The van der Waals surface area contributed by atoms with E-state index in [1.165, 1.54) is 11.3 Å². The molecule has 0 radical (unpaired) electrons. The summed E-state index contributed by atoms with van der Waals surface area (Å²) in [6.07, 6.45) is 0. The highest BCUT2D eigenvalue weighted by atomic mass is 127. The molecule has 0 aliphatic carbocycles. The number of likely N-dealkylation sites (N-methyl/N-ethyl adjacent to an activating group) is 1. The predicted molar refractivity (Wildman–Crippen MR) is 123 cm³/mol. The molecule has 0 saturated heterocycles. The highest BCUT2D eigenvalue weighted by Gasteiger charge is 2.23. The summed E-state index contributed by atoms with van der Waals surface area (Å²) in [7, 11) is 0. The van der Waals surface area contributed by atoms with Gasteiger partial charge in [-0.1, -0.05) is 48.9 Å². The molecule has 1 heterocycles. The maximum absolute atomic E-state index is 13.3. The van der Waals surface area contributed by atoms with Crippen LogP contribution in [0.3, 0.4) is 0 Å². The highest BCUT2D eigenvalue weighted by molar-refractivity contribution is 14.1. The maximum atomic E-state index is 13.3. The third kappa shape index (κ3) is 4.80. The number of hydrogen-bond acceptors (Lipinski definition) is 4. The van der Waals surface area contributed by atoms with Crippen LogP contribution >= 0.6 is 45.5 Å². The number of anilines is 1. The van der Waals surface area contributed by atoms with Crippen LogP contribution in [0.25, 0.3) is 10.2 Å². The lowest BCUT2D eigenvalue weighted by molar-refractivity contribution is 0.0983. The van der Waals surface area contributed by atoms with Crippen molar-refractivity contribution in [2.24, 2.45) is 0 Å². The molecular formula is C20H21ClIN3OS. The Morgan fingerprint density at radius 2 is 1.89 bits per heavy atom. The number of nitrogens with zero attached hydrogens (tertiary/aromatic N) is 3. The Morgan fingerprint density at radius 3 is 2.59 bits per heavy atom. The standard InChI is InChI=1S/C20H21ClIN3OS/c1-3-24(4-2)11-12-25(19(26)15-7-5-6-8-16(15)22)20-23-17-10-9-14(21)13-18(17)27-20/h5-10,13H,3-4,11-12H2,1-2H3. The average Bonchev–Trinajstić information content (AvgIpc) is 3.08. The van der Waals surface area contributed by atoms with Gasteiger partial charge in [0.05, 0.1) is 15.8 Å². The van der Waals surface area contributed by atoms with Gasteiger partial charge in [0.25, 0.3) is 5.91 Å². The minimum Gasteiger partial charge on any atom is -0.302 e. The lowest BCUT2D eigenvalue weighted by Crippen LogP contribution is -2.39. The Kier molecular flexibility index (Phi) is 7.08. The van der Waals surface area contributed by atoms with Gasteiger partial charge in [0, 0.05) is 21.7 Å². The van der Waals surface area contributed by atoms with Gasteiger partial charge in [0.15, 0.2) is 5.13 Å². The number of hydrogen-bond donors (Lipinski definition) is 0. The summed E-state index contributed by atoms with van der Waals surface area (Å²) in [4.78, 5) is 22.2. The van der Waals surface area contributed by atoms with Gasteiger partial charge in [-0.15, -0.1) is 0 Å². The van der Waals surface area contributed by atoms with E-state index in [1.54, 1.807) is 4.90 Å². The third-order valence-electron chi connectivity index (χ3n) is 4.45. The molecule has 0 bridgehead atoms. The van der Waals surface area contributed by atoms with Gasteiger partial charge in [-0.3, -0.25) is 9.69 Å². The summed E-state index contributed by atoms with van der Waals surface area (Å²) in [6, 6.07) is 13.3. The SMILES string of the molecule is CCN(CC)CCN(C(=O)c1ccccc1I)c1nc2ccc(Cl)cc2s1. The highest BCUT2D eigenvalue weighted by Crippen LogP contribution is 2.32. The van der Waals surface area contributed by atoms with E-state index in [4.69, 9.17) is 16.6 Å². The second-order valence-corrected chi connectivity index (χ2v) is 8.68. The number of aromatic nitrogens is 1. The number of carbonyl (C=O) groups is 1. The van der Waals surface area contributed by atoms with Gasteiger partial charge in [-0.05, 0) is 66.0 Å². The Morgan fingerprint density at radius 1 is 1.15 bits per heavy atom. The van der Waals surface area contributed by atoms with Crippen molar-refractivity contribution >= 4 is 66.8 Å². The Balaban J connectivity index is 1.97. The Hall–Kier alpha value is -1.22. The molecule has 7 heteroatoms. The molecule has 0 unspecified atom stereocenters. The molecule has 0 fully saturated rings. The smallest absolute Gasteiger partial charge is 0.261 e. The van der Waals surface area contributed by atoms with E-state index in [9.17, 15) is 4.79 Å². The molecule has 3 rings (SSSR count). The van der Waals surface area contributed by atoms with Crippen LogP contribution in [0.1, 0.15) is 24.2 Å². The van der Waals surface area contributed by atoms with E-state index in [-0.39, 0.29) is 5.91 Å². The molecule has 27 heavy (non-hydrogen) atoms. The fraction of sp³-hybridized carbons (Fsp3) is 0.300. The molecule has 1 amide bonds. The lowest BCUT2D eigenvalue weighted by atomic mass is 10.2. The largest absolute Gasteiger partial charge is 0.302 e. The molecular weight excluding hydrogens is 493 g/mol. The molecule has 0 spiro atoms. The molecule has 4 nitrogen and oxygen atoms in total. The van der Waals surface area contributed by atoms with Crippen LogP contribution < -0.4 is 4.90 Å². The van der Waals surface area contributed by atoms with Crippen LogP contribution in [0, 0.1) is 3.57 Å². The first-order valence-corrected chi connectivity index (χ1v) is 11.2. The summed E-state index contributed by atoms with van der Waals surface area (Å²) < 4.78 is 1.93. The zero-order valence-corrected chi connectivity index (χ0v) is 19.0. The van der Waals surface area contributed by atoms with Crippen LogP contribution in [0.5, 0.6) is 0 Å². The lowest BCUT2D eigenvalue weighted by Gasteiger charge is -2.25. The third-order valence-corrected chi connectivity index (χ3v) is 6.67. The number of rotatable bonds is 7. The van der Waals surface area contributed by atoms with E-state index in [2.05, 4.69) is 41.3 Å². The van der Waals surface area contributed by atoms with E-state index in [0.29, 0.717) is 22.3 Å². The fourth-order valence-electron chi connectivity index (χ4n) is 2.85. The monoisotopic (exact) mass is 513 g/mol. The van der Waals surface area contributed by atoms with Crippen LogP contribution in [-0.2, 0) is 0 Å². The topological polar surface area (TPSA) is 36.4 Å². The Bertz CT molecular complexity index is 942. The first-order chi connectivity index (χ1) is 13.0. The quantitative estimate of drug-likeness (QED) is 0.389. The van der Waals surface area contributed by atoms with Crippen molar-refractivity contribution in [3.63, 3.8) is 0 Å². The van der Waals surface area contributed by atoms with Crippen molar-refractivity contribution in [3.8, 4) is 0 Å². The number of carbonyl (C=O) groups excluding carboxylic acids is 1. The summed E-state index contributed by atoms with van der Waals surface area (Å²) >= 11 is 9.83. The normalized spacial score (nSPS) is 11.3. The zero-order valence-electron chi connectivity index (χ0n) is 15.3. The van der Waals surface area contributed by atoms with Gasteiger partial charge >= 0.3 is 0 Å². The summed E-state index contributed by atoms with van der Waals surface area (Å²) in [5.41, 5.74) is 1.57. The first kappa shape index (κ1) is 20.5. The maximum Gasteiger partial charge on any atom is 0.261 e. The molecule has 0 saturated carbocycles. The molecule has 3 aromatic rings. The van der Waals surface area contributed by atoms with Crippen LogP contribution in [0.15, 0.2) is 42.5 Å². The van der Waals surface area contributed by atoms with Gasteiger partial charge in [-0.25, -0.2) is 4.98 Å². The number of amides is 1. The van der Waals surface area contributed by atoms with Crippen molar-refractivity contribution in [3.05, 3.63) is 56.6 Å². The predicted octanol–water partition coefficient (Wildman–Crippen LogP) is 5.54. The second-order valence-electron chi connectivity index (χ2n) is 6.07. The average molecular weight is 514 g/mol. The van der Waals surface area contributed by atoms with Gasteiger partial charge < -0.3 is 4.90 Å². The van der Waals surface area contributed by atoms with Crippen molar-refractivity contribution in [1.29, 1.82) is 0 Å². The van der Waals surface area contributed by atoms with Crippen LogP contribution in [-0.4, -0.2) is 42.0 Å². The fourth-order valence-corrected chi connectivity index (χ4v) is 4.73. The van der Waals surface area contributed by atoms with Crippen LogP contribution in [0.4, 0.5) is 5.13 Å². The molecule has 142 valence electrons. The number of benzene rings is 2. The molecule has 2 aromatic carbocycles. The van der Waals surface area contributed by atoms with Crippen LogP contribution in [0.2, 0.25) is 5.02 Å². The summed E-state index contributed by atoms with van der Waals surface area (Å²) in [5, 5.41) is 1.39. The molecule has 0 N–H and O–H groups in total. The van der Waals surface area contributed by atoms with Gasteiger partial charge in [0.1, 0.15) is 0 Å². The number of thiazole rings is 1. The number of halogens is 2. The molecule has 0 aliphatic rings. The van der Waals surface area contributed by atoms with Crippen molar-refractivity contribution < 1.29 is 4.79 Å². The number of fused-ring (bicyclic) bond motifs is 1.